The molecule has 0 aliphatic rings. The Morgan fingerprint density at radius 2 is 2.36 bits per heavy atom. The summed E-state index contributed by atoms with van der Waals surface area (Å²) in [6.07, 6.45) is 4.14. The number of esters is 1. The van der Waals surface area contributed by atoms with Crippen molar-refractivity contribution < 1.29 is 9.53 Å². The lowest BCUT2D eigenvalue weighted by Crippen LogP contribution is -2.01. The third kappa shape index (κ3) is 3.75. The second kappa shape index (κ2) is 5.60. The maximum atomic E-state index is 11.0. The summed E-state index contributed by atoms with van der Waals surface area (Å²) in [4.78, 5) is 13.4. The van der Waals surface area contributed by atoms with Crippen LogP contribution in [0, 0.1) is 6.92 Å². The Morgan fingerprint density at radius 3 is 2.93 bits per heavy atom. The molecule has 1 heterocycles. The van der Waals surface area contributed by atoms with E-state index in [0.717, 1.165) is 0 Å². The monoisotopic (exact) mass is 210 g/mol. The number of hydrogen-bond acceptors (Lipinski definition) is 3. The highest BCUT2D eigenvalue weighted by atomic mass is 32.1. The van der Waals surface area contributed by atoms with Crippen molar-refractivity contribution in [3.63, 3.8) is 0 Å². The van der Waals surface area contributed by atoms with Gasteiger partial charge < -0.3 is 4.74 Å². The molecular weight excluding hydrogens is 196 g/mol. The Balaban J connectivity index is 2.37. The molecule has 0 aliphatic carbocycles. The van der Waals surface area contributed by atoms with Gasteiger partial charge in [-0.25, -0.2) is 0 Å². The Labute approximate surface area is 88.2 Å². The number of carbonyl (C=O) groups is 1. The van der Waals surface area contributed by atoms with Gasteiger partial charge in [0.1, 0.15) is 0 Å². The highest BCUT2D eigenvalue weighted by Crippen LogP contribution is 2.16. The van der Waals surface area contributed by atoms with Gasteiger partial charge in [0.05, 0.1) is 13.0 Å². The topological polar surface area (TPSA) is 26.3 Å². The molecular formula is C11H14O2S. The first kappa shape index (κ1) is 11.0. The summed E-state index contributed by atoms with van der Waals surface area (Å²) in [6, 6.07) is 4.11. The van der Waals surface area contributed by atoms with E-state index in [0.29, 0.717) is 13.0 Å². The van der Waals surface area contributed by atoms with Gasteiger partial charge in [0.15, 0.2) is 0 Å². The van der Waals surface area contributed by atoms with Crippen LogP contribution in [0.2, 0.25) is 0 Å². The number of carbonyl (C=O) groups excluding carboxylic acids is 1. The van der Waals surface area contributed by atoms with Crippen LogP contribution in [0.5, 0.6) is 0 Å². The van der Waals surface area contributed by atoms with Crippen LogP contribution in [-0.4, -0.2) is 12.6 Å². The molecule has 0 aliphatic heterocycles. The fourth-order valence-corrected chi connectivity index (χ4v) is 1.84. The molecule has 0 aromatic carbocycles. The van der Waals surface area contributed by atoms with E-state index in [9.17, 15) is 4.79 Å². The van der Waals surface area contributed by atoms with Crippen LogP contribution in [0.15, 0.2) is 18.2 Å². The predicted octanol–water partition coefficient (Wildman–Crippen LogP) is 3.02. The number of aryl methyl sites for hydroxylation is 1. The molecule has 0 radical (unpaired) electrons. The van der Waals surface area contributed by atoms with Crippen LogP contribution in [0.25, 0.3) is 6.08 Å². The molecule has 1 aromatic heterocycles. The number of rotatable bonds is 4. The summed E-state index contributed by atoms with van der Waals surface area (Å²) in [7, 11) is 0. The second-order valence-corrected chi connectivity index (χ2v) is 4.18. The molecule has 14 heavy (non-hydrogen) atoms. The molecule has 1 aromatic rings. The molecule has 0 amide bonds. The van der Waals surface area contributed by atoms with Crippen molar-refractivity contribution in [1.82, 2.24) is 0 Å². The fraction of sp³-hybridized carbons (Fsp3) is 0.364. The van der Waals surface area contributed by atoms with Crippen LogP contribution in [0.3, 0.4) is 0 Å². The first-order chi connectivity index (χ1) is 6.72. The fourth-order valence-electron chi connectivity index (χ4n) is 1.03. The van der Waals surface area contributed by atoms with Crippen molar-refractivity contribution in [2.75, 3.05) is 6.61 Å². The minimum Gasteiger partial charge on any atom is -0.466 e. The van der Waals surface area contributed by atoms with Crippen molar-refractivity contribution in [3.05, 3.63) is 28.0 Å². The van der Waals surface area contributed by atoms with Gasteiger partial charge in [-0.05, 0) is 32.1 Å². The van der Waals surface area contributed by atoms with Crippen molar-refractivity contribution in [3.8, 4) is 0 Å². The summed E-state index contributed by atoms with van der Waals surface area (Å²) in [6.45, 7) is 4.32. The summed E-state index contributed by atoms with van der Waals surface area (Å²) in [5, 5.41) is 0. The van der Waals surface area contributed by atoms with Gasteiger partial charge in [-0.1, -0.05) is 6.08 Å². The molecule has 0 unspecified atom stereocenters. The van der Waals surface area contributed by atoms with E-state index in [1.807, 2.05) is 25.1 Å². The van der Waals surface area contributed by atoms with Gasteiger partial charge in [0.25, 0.3) is 0 Å². The zero-order chi connectivity index (χ0) is 10.4. The molecule has 0 bridgehead atoms. The Bertz CT molecular complexity index is 326. The quantitative estimate of drug-likeness (QED) is 0.714. The highest BCUT2D eigenvalue weighted by Gasteiger charge is 1.96. The SMILES string of the molecule is CCOC(=O)CC=Cc1ccc(C)s1. The molecule has 0 saturated carbocycles. The molecule has 0 N–H and O–H groups in total. The third-order valence-electron chi connectivity index (χ3n) is 1.63. The van der Waals surface area contributed by atoms with E-state index >= 15 is 0 Å². The van der Waals surface area contributed by atoms with Gasteiger partial charge in [0, 0.05) is 9.75 Å². The molecule has 0 fully saturated rings. The van der Waals surface area contributed by atoms with Crippen LogP contribution in [-0.2, 0) is 9.53 Å². The lowest BCUT2D eigenvalue weighted by molar-refractivity contribution is -0.142. The van der Waals surface area contributed by atoms with E-state index < -0.39 is 0 Å². The number of thiophene rings is 1. The van der Waals surface area contributed by atoms with E-state index in [2.05, 4.69) is 13.0 Å². The smallest absolute Gasteiger partial charge is 0.309 e. The molecule has 3 heteroatoms. The van der Waals surface area contributed by atoms with Crippen LogP contribution in [0.4, 0.5) is 0 Å². The lowest BCUT2D eigenvalue weighted by atomic mass is 10.3. The average Bonchev–Trinajstić information content (AvgIpc) is 2.52. The molecule has 2 nitrogen and oxygen atoms in total. The van der Waals surface area contributed by atoms with E-state index in [1.54, 1.807) is 11.3 Å². The third-order valence-corrected chi connectivity index (χ3v) is 2.60. The van der Waals surface area contributed by atoms with Gasteiger partial charge in [-0.3, -0.25) is 4.79 Å². The van der Waals surface area contributed by atoms with E-state index in [-0.39, 0.29) is 5.97 Å². The zero-order valence-electron chi connectivity index (χ0n) is 8.45. The van der Waals surface area contributed by atoms with Crippen molar-refractivity contribution in [2.24, 2.45) is 0 Å². The predicted molar refractivity (Wildman–Crippen MR) is 59.3 cm³/mol. The molecule has 0 atom stereocenters. The standard InChI is InChI=1S/C11H14O2S/c1-3-13-11(12)6-4-5-10-8-7-9(2)14-10/h4-5,7-8H,3,6H2,1-2H3. The molecule has 0 saturated heterocycles. The van der Waals surface area contributed by atoms with Gasteiger partial charge in [0.2, 0.25) is 0 Å². The van der Waals surface area contributed by atoms with Crippen LogP contribution < -0.4 is 0 Å². The van der Waals surface area contributed by atoms with Gasteiger partial charge in [-0.15, -0.1) is 11.3 Å². The summed E-state index contributed by atoms with van der Waals surface area (Å²) in [5.41, 5.74) is 0. The van der Waals surface area contributed by atoms with E-state index in [1.165, 1.54) is 9.75 Å². The first-order valence-electron chi connectivity index (χ1n) is 4.61. The van der Waals surface area contributed by atoms with Crippen molar-refractivity contribution in [1.29, 1.82) is 0 Å². The summed E-state index contributed by atoms with van der Waals surface area (Å²) < 4.78 is 4.80. The lowest BCUT2D eigenvalue weighted by Gasteiger charge is -1.95. The van der Waals surface area contributed by atoms with E-state index in [4.69, 9.17) is 4.74 Å². The maximum absolute atomic E-state index is 11.0. The average molecular weight is 210 g/mol. The maximum Gasteiger partial charge on any atom is 0.309 e. The summed E-state index contributed by atoms with van der Waals surface area (Å²) >= 11 is 1.71. The van der Waals surface area contributed by atoms with Crippen LogP contribution >= 0.6 is 11.3 Å². The number of hydrogen-bond donors (Lipinski definition) is 0. The normalized spacial score (nSPS) is 10.7. The van der Waals surface area contributed by atoms with Crippen molar-refractivity contribution >= 4 is 23.4 Å². The van der Waals surface area contributed by atoms with Crippen molar-refractivity contribution in [2.45, 2.75) is 20.3 Å². The minimum absolute atomic E-state index is 0.169. The molecule has 0 spiro atoms. The largest absolute Gasteiger partial charge is 0.466 e. The van der Waals surface area contributed by atoms with Gasteiger partial charge in [-0.2, -0.15) is 0 Å². The minimum atomic E-state index is -0.169. The Hall–Kier alpha value is -1.09. The highest BCUT2D eigenvalue weighted by molar-refractivity contribution is 7.12. The molecule has 76 valence electrons. The second-order valence-electron chi connectivity index (χ2n) is 2.86. The van der Waals surface area contributed by atoms with Crippen LogP contribution in [0.1, 0.15) is 23.1 Å². The summed E-state index contributed by atoms with van der Waals surface area (Å²) in [5.74, 6) is -0.169. The van der Waals surface area contributed by atoms with Gasteiger partial charge >= 0.3 is 5.97 Å². The zero-order valence-corrected chi connectivity index (χ0v) is 9.26. The Kier molecular flexibility index (Phi) is 4.40. The molecule has 1 rings (SSSR count). The first-order valence-corrected chi connectivity index (χ1v) is 5.42. The number of ether oxygens (including phenoxy) is 1. The Morgan fingerprint density at radius 1 is 1.57 bits per heavy atom.